The van der Waals surface area contributed by atoms with Gasteiger partial charge in [0.25, 0.3) is 0 Å². The summed E-state index contributed by atoms with van der Waals surface area (Å²) in [6, 6.07) is 0.500. The highest BCUT2D eigenvalue weighted by atomic mass is 32.1. The van der Waals surface area contributed by atoms with Crippen molar-refractivity contribution in [1.82, 2.24) is 10.3 Å². The maximum atomic E-state index is 5.69. The molecule has 5 heteroatoms. The summed E-state index contributed by atoms with van der Waals surface area (Å²) in [5.74, 6) is -0.264. The van der Waals surface area contributed by atoms with Gasteiger partial charge in [0.2, 0.25) is 0 Å². The minimum absolute atomic E-state index is 0.264. The molecule has 1 saturated carbocycles. The average Bonchev–Trinajstić information content (AvgIpc) is 3.01. The van der Waals surface area contributed by atoms with Crippen molar-refractivity contribution >= 4 is 11.3 Å². The van der Waals surface area contributed by atoms with Crippen LogP contribution in [-0.2, 0) is 16.0 Å². The Kier molecular flexibility index (Phi) is 2.93. The third-order valence-corrected chi connectivity index (χ3v) is 3.94. The number of hydrogen-bond acceptors (Lipinski definition) is 5. The van der Waals surface area contributed by atoms with Crippen molar-refractivity contribution in [1.29, 1.82) is 0 Å². The molecule has 3 rings (SSSR count). The lowest BCUT2D eigenvalue weighted by molar-refractivity contribution is -0.151. The van der Waals surface area contributed by atoms with Crippen LogP contribution in [0.4, 0.5) is 0 Å². The Morgan fingerprint density at radius 2 is 2.38 bits per heavy atom. The van der Waals surface area contributed by atoms with Gasteiger partial charge in [0.15, 0.2) is 5.79 Å². The number of rotatable bonds is 3. The van der Waals surface area contributed by atoms with Gasteiger partial charge in [0, 0.05) is 30.8 Å². The van der Waals surface area contributed by atoms with Crippen LogP contribution < -0.4 is 5.32 Å². The van der Waals surface area contributed by atoms with Crippen LogP contribution in [0.1, 0.15) is 25.0 Å². The molecule has 1 aromatic heterocycles. The van der Waals surface area contributed by atoms with E-state index in [9.17, 15) is 0 Å². The van der Waals surface area contributed by atoms with Crippen LogP contribution in [0.2, 0.25) is 0 Å². The molecule has 1 atom stereocenters. The van der Waals surface area contributed by atoms with Crippen molar-refractivity contribution in [2.45, 2.75) is 37.6 Å². The van der Waals surface area contributed by atoms with Crippen molar-refractivity contribution in [2.24, 2.45) is 0 Å². The second-order valence-electron chi connectivity index (χ2n) is 4.41. The number of thiazole rings is 1. The fraction of sp³-hybridized carbons (Fsp3) is 0.727. The van der Waals surface area contributed by atoms with Gasteiger partial charge >= 0.3 is 0 Å². The highest BCUT2D eigenvalue weighted by molar-refractivity contribution is 7.07. The molecular formula is C11H16N2O2S. The molecule has 0 amide bonds. The SMILES string of the molecule is c1nc(CNC2CCC3(C2)OCCO3)cs1. The second-order valence-corrected chi connectivity index (χ2v) is 5.13. The van der Waals surface area contributed by atoms with Gasteiger partial charge in [0.1, 0.15) is 0 Å². The number of hydrogen-bond donors (Lipinski definition) is 1. The van der Waals surface area contributed by atoms with Crippen molar-refractivity contribution in [3.8, 4) is 0 Å². The van der Waals surface area contributed by atoms with Gasteiger partial charge in [-0.15, -0.1) is 11.3 Å². The zero-order chi connectivity index (χ0) is 10.8. The molecule has 1 aliphatic heterocycles. The van der Waals surface area contributed by atoms with E-state index in [1.165, 1.54) is 0 Å². The van der Waals surface area contributed by atoms with E-state index in [2.05, 4.69) is 15.7 Å². The van der Waals surface area contributed by atoms with Crippen LogP contribution in [-0.4, -0.2) is 30.0 Å². The summed E-state index contributed by atoms with van der Waals surface area (Å²) in [5, 5.41) is 5.60. The Balaban J connectivity index is 1.50. The first-order valence-corrected chi connectivity index (χ1v) is 6.69. The lowest BCUT2D eigenvalue weighted by Crippen LogP contribution is -2.32. The molecule has 2 heterocycles. The minimum atomic E-state index is -0.264. The second kappa shape index (κ2) is 4.41. The molecule has 2 fully saturated rings. The lowest BCUT2D eigenvalue weighted by Gasteiger charge is -2.21. The third-order valence-electron chi connectivity index (χ3n) is 3.30. The van der Waals surface area contributed by atoms with Crippen LogP contribution in [0.3, 0.4) is 0 Å². The van der Waals surface area contributed by atoms with Crippen LogP contribution >= 0.6 is 11.3 Å². The van der Waals surface area contributed by atoms with Crippen LogP contribution in [0.15, 0.2) is 10.9 Å². The summed E-state index contributed by atoms with van der Waals surface area (Å²) in [6.07, 6.45) is 3.11. The van der Waals surface area contributed by atoms with Gasteiger partial charge in [-0.2, -0.15) is 0 Å². The summed E-state index contributed by atoms with van der Waals surface area (Å²) in [5.41, 5.74) is 3.00. The van der Waals surface area contributed by atoms with Crippen LogP contribution in [0, 0.1) is 0 Å². The topological polar surface area (TPSA) is 43.4 Å². The summed E-state index contributed by atoms with van der Waals surface area (Å²) in [4.78, 5) is 4.26. The molecule has 1 saturated heterocycles. The van der Waals surface area contributed by atoms with E-state index in [0.29, 0.717) is 6.04 Å². The monoisotopic (exact) mass is 240 g/mol. The number of nitrogens with one attached hydrogen (secondary N) is 1. The van der Waals surface area contributed by atoms with Crippen LogP contribution in [0.25, 0.3) is 0 Å². The molecule has 4 nitrogen and oxygen atoms in total. The highest BCUT2D eigenvalue weighted by Gasteiger charge is 2.43. The van der Waals surface area contributed by atoms with Gasteiger partial charge in [-0.05, 0) is 6.42 Å². The molecule has 1 spiro atoms. The van der Waals surface area contributed by atoms with Gasteiger partial charge in [-0.3, -0.25) is 0 Å². The first-order chi connectivity index (χ1) is 7.86. The fourth-order valence-corrected chi connectivity index (χ4v) is 3.04. The van der Waals surface area contributed by atoms with E-state index in [-0.39, 0.29) is 5.79 Å². The van der Waals surface area contributed by atoms with Crippen molar-refractivity contribution < 1.29 is 9.47 Å². The van der Waals surface area contributed by atoms with E-state index < -0.39 is 0 Å². The Morgan fingerprint density at radius 3 is 3.12 bits per heavy atom. The molecule has 16 heavy (non-hydrogen) atoms. The maximum absolute atomic E-state index is 5.69. The van der Waals surface area contributed by atoms with E-state index in [0.717, 1.165) is 44.7 Å². The van der Waals surface area contributed by atoms with Crippen molar-refractivity contribution in [3.63, 3.8) is 0 Å². The van der Waals surface area contributed by atoms with Gasteiger partial charge in [0.05, 0.1) is 24.4 Å². The molecule has 1 aromatic rings. The fourth-order valence-electron chi connectivity index (χ4n) is 2.48. The first kappa shape index (κ1) is 10.7. The summed E-state index contributed by atoms with van der Waals surface area (Å²) < 4.78 is 11.4. The molecule has 0 radical (unpaired) electrons. The molecule has 1 aliphatic carbocycles. The predicted octanol–water partition coefficient (Wildman–Crippen LogP) is 1.53. The number of ether oxygens (including phenoxy) is 2. The zero-order valence-corrected chi connectivity index (χ0v) is 9.96. The normalized spacial score (nSPS) is 27.9. The third kappa shape index (κ3) is 2.13. The number of aromatic nitrogens is 1. The number of nitrogens with zero attached hydrogens (tertiary/aromatic N) is 1. The lowest BCUT2D eigenvalue weighted by atomic mass is 10.2. The summed E-state index contributed by atoms with van der Waals surface area (Å²) in [6.45, 7) is 2.35. The maximum Gasteiger partial charge on any atom is 0.170 e. The van der Waals surface area contributed by atoms with Crippen LogP contribution in [0.5, 0.6) is 0 Å². The Bertz CT molecular complexity index is 336. The molecular weight excluding hydrogens is 224 g/mol. The Morgan fingerprint density at radius 1 is 1.50 bits per heavy atom. The average molecular weight is 240 g/mol. The van der Waals surface area contributed by atoms with Gasteiger partial charge in [-0.25, -0.2) is 4.98 Å². The quantitative estimate of drug-likeness (QED) is 0.870. The Labute approximate surface area is 99.0 Å². The smallest absolute Gasteiger partial charge is 0.170 e. The molecule has 1 unspecified atom stereocenters. The van der Waals surface area contributed by atoms with E-state index in [4.69, 9.17) is 9.47 Å². The summed E-state index contributed by atoms with van der Waals surface area (Å²) >= 11 is 1.64. The first-order valence-electron chi connectivity index (χ1n) is 5.75. The highest BCUT2D eigenvalue weighted by Crippen LogP contribution is 2.37. The summed E-state index contributed by atoms with van der Waals surface area (Å²) in [7, 11) is 0. The van der Waals surface area contributed by atoms with Crippen molar-refractivity contribution in [3.05, 3.63) is 16.6 Å². The molecule has 1 N–H and O–H groups in total. The van der Waals surface area contributed by atoms with Crippen molar-refractivity contribution in [2.75, 3.05) is 13.2 Å². The van der Waals surface area contributed by atoms with Gasteiger partial charge in [-0.1, -0.05) is 0 Å². The van der Waals surface area contributed by atoms with E-state index in [1.807, 2.05) is 5.51 Å². The molecule has 88 valence electrons. The minimum Gasteiger partial charge on any atom is -0.347 e. The zero-order valence-electron chi connectivity index (χ0n) is 9.15. The molecule has 0 bridgehead atoms. The van der Waals surface area contributed by atoms with Gasteiger partial charge < -0.3 is 14.8 Å². The molecule has 2 aliphatic rings. The predicted molar refractivity (Wildman–Crippen MR) is 61.2 cm³/mol. The molecule has 0 aromatic carbocycles. The standard InChI is InChI=1S/C11H16N2O2S/c1-2-11(14-3-4-15-11)5-9(1)12-6-10-7-16-8-13-10/h7-9,12H,1-6H2. The van der Waals surface area contributed by atoms with E-state index in [1.54, 1.807) is 11.3 Å². The van der Waals surface area contributed by atoms with E-state index >= 15 is 0 Å². The Hall–Kier alpha value is -0.490. The largest absolute Gasteiger partial charge is 0.347 e.